The molecule has 0 aromatic heterocycles. The number of hydrogen-bond donors (Lipinski definition) is 2. The van der Waals surface area contributed by atoms with Gasteiger partial charge in [0.2, 0.25) is 5.91 Å². The van der Waals surface area contributed by atoms with Crippen molar-refractivity contribution < 1.29 is 23.1 Å². The molecule has 0 saturated carbocycles. The van der Waals surface area contributed by atoms with Gasteiger partial charge in [0.1, 0.15) is 6.04 Å². The Hall–Kier alpha value is -1.48. The average Bonchev–Trinajstić information content (AvgIpc) is 2.48. The third-order valence-electron chi connectivity index (χ3n) is 2.97. The standard InChI is InChI=1S/C13H17ClN2O5S/c1-7-9(14)5-8(22(19)20)6-11(7)16-12(17)4-3-10(15)13(18)21-2/h5-6,10H,3-4,15H2,1-2H3,(H,16,17)(H,19,20)/p-1/t10-/m0/s1. The first-order chi connectivity index (χ1) is 10.3. The van der Waals surface area contributed by atoms with E-state index in [4.69, 9.17) is 17.3 Å². The van der Waals surface area contributed by atoms with E-state index in [0.29, 0.717) is 11.3 Å². The number of nitrogens with two attached hydrogens (primary N) is 1. The molecule has 0 saturated heterocycles. The Balaban J connectivity index is 2.76. The average molecular weight is 348 g/mol. The molecule has 0 fully saturated rings. The van der Waals surface area contributed by atoms with Crippen LogP contribution >= 0.6 is 11.6 Å². The molecular formula is C13H16ClN2O5S-. The number of esters is 1. The summed E-state index contributed by atoms with van der Waals surface area (Å²) in [5.74, 6) is -1.01. The van der Waals surface area contributed by atoms with Crippen molar-refractivity contribution in [2.45, 2.75) is 30.7 Å². The summed E-state index contributed by atoms with van der Waals surface area (Å²) in [6.45, 7) is 1.65. The van der Waals surface area contributed by atoms with Gasteiger partial charge < -0.3 is 20.3 Å². The van der Waals surface area contributed by atoms with E-state index in [1.54, 1.807) is 6.92 Å². The number of carbonyl (C=O) groups excluding carboxylic acids is 2. The number of rotatable bonds is 6. The van der Waals surface area contributed by atoms with Crippen LogP contribution in [-0.4, -0.2) is 33.8 Å². The molecule has 22 heavy (non-hydrogen) atoms. The van der Waals surface area contributed by atoms with Crippen LogP contribution in [0.3, 0.4) is 0 Å². The van der Waals surface area contributed by atoms with Crippen LogP contribution in [0.1, 0.15) is 18.4 Å². The van der Waals surface area contributed by atoms with E-state index in [9.17, 15) is 18.4 Å². The maximum Gasteiger partial charge on any atom is 0.322 e. The highest BCUT2D eigenvalue weighted by Gasteiger charge is 2.16. The lowest BCUT2D eigenvalue weighted by Crippen LogP contribution is -2.32. The number of ether oxygens (including phenoxy) is 1. The third kappa shape index (κ3) is 5.06. The smallest absolute Gasteiger partial charge is 0.322 e. The summed E-state index contributed by atoms with van der Waals surface area (Å²) < 4.78 is 26.4. The van der Waals surface area contributed by atoms with E-state index in [1.807, 2.05) is 0 Å². The lowest BCUT2D eigenvalue weighted by molar-refractivity contribution is -0.142. The zero-order valence-electron chi connectivity index (χ0n) is 12.1. The quantitative estimate of drug-likeness (QED) is 0.587. The zero-order valence-corrected chi connectivity index (χ0v) is 13.6. The first-order valence-electron chi connectivity index (χ1n) is 6.29. The van der Waals surface area contributed by atoms with Crippen LogP contribution in [-0.2, 0) is 25.4 Å². The summed E-state index contributed by atoms with van der Waals surface area (Å²) >= 11 is 3.47. The first-order valence-corrected chi connectivity index (χ1v) is 7.74. The number of halogens is 1. The van der Waals surface area contributed by atoms with Crippen LogP contribution in [0.5, 0.6) is 0 Å². The van der Waals surface area contributed by atoms with Crippen LogP contribution in [0.15, 0.2) is 17.0 Å². The van der Waals surface area contributed by atoms with Crippen molar-refractivity contribution in [3.05, 3.63) is 22.7 Å². The van der Waals surface area contributed by atoms with Crippen LogP contribution < -0.4 is 11.1 Å². The van der Waals surface area contributed by atoms with Crippen molar-refractivity contribution in [2.24, 2.45) is 5.73 Å². The number of anilines is 1. The van der Waals surface area contributed by atoms with Gasteiger partial charge in [-0.25, -0.2) is 0 Å². The lowest BCUT2D eigenvalue weighted by atomic mass is 10.1. The van der Waals surface area contributed by atoms with Gasteiger partial charge in [0, 0.05) is 22.0 Å². The maximum absolute atomic E-state index is 11.9. The van der Waals surface area contributed by atoms with E-state index >= 15 is 0 Å². The molecule has 9 heteroatoms. The Bertz CT molecular complexity index is 608. The fourth-order valence-corrected chi connectivity index (χ4v) is 2.36. The van der Waals surface area contributed by atoms with Crippen molar-refractivity contribution in [1.82, 2.24) is 0 Å². The zero-order chi connectivity index (χ0) is 16.9. The molecule has 0 aliphatic heterocycles. The van der Waals surface area contributed by atoms with Gasteiger partial charge in [-0.15, -0.1) is 0 Å². The summed E-state index contributed by atoms with van der Waals surface area (Å²) in [6.07, 6.45) is 0.0937. The Morgan fingerprint density at radius 1 is 1.50 bits per heavy atom. The number of amides is 1. The van der Waals surface area contributed by atoms with E-state index in [2.05, 4.69) is 10.1 Å². The second-order valence-corrected chi connectivity index (χ2v) is 5.88. The van der Waals surface area contributed by atoms with Crippen LogP contribution in [0.2, 0.25) is 5.02 Å². The summed E-state index contributed by atoms with van der Waals surface area (Å²) in [5.41, 5.74) is 6.37. The van der Waals surface area contributed by atoms with Crippen LogP contribution in [0, 0.1) is 6.92 Å². The minimum Gasteiger partial charge on any atom is -0.768 e. The van der Waals surface area contributed by atoms with Gasteiger partial charge in [-0.05, 0) is 42.1 Å². The Kier molecular flexibility index (Phi) is 6.95. The van der Waals surface area contributed by atoms with Gasteiger partial charge in [0.25, 0.3) is 0 Å². The van der Waals surface area contributed by atoms with Gasteiger partial charge in [0.05, 0.1) is 7.11 Å². The van der Waals surface area contributed by atoms with Crippen molar-refractivity contribution in [2.75, 3.05) is 12.4 Å². The molecule has 0 aliphatic carbocycles. The topological polar surface area (TPSA) is 122 Å². The molecule has 1 aromatic carbocycles. The summed E-state index contributed by atoms with van der Waals surface area (Å²) in [5, 5.41) is 2.78. The summed E-state index contributed by atoms with van der Waals surface area (Å²) in [6, 6.07) is 1.71. The molecule has 2 atom stereocenters. The predicted octanol–water partition coefficient (Wildman–Crippen LogP) is 1.11. The molecule has 0 aliphatic rings. The Morgan fingerprint density at radius 3 is 2.68 bits per heavy atom. The van der Waals surface area contributed by atoms with Crippen molar-refractivity contribution >= 4 is 40.2 Å². The third-order valence-corrected chi connectivity index (χ3v) is 3.98. The van der Waals surface area contributed by atoms with E-state index in [0.717, 1.165) is 0 Å². The summed E-state index contributed by atoms with van der Waals surface area (Å²) in [7, 11) is 1.21. The number of nitrogens with one attached hydrogen (secondary N) is 1. The van der Waals surface area contributed by atoms with Gasteiger partial charge in [-0.3, -0.25) is 13.8 Å². The highest BCUT2D eigenvalue weighted by molar-refractivity contribution is 7.79. The van der Waals surface area contributed by atoms with E-state index in [1.165, 1.54) is 19.2 Å². The molecule has 0 bridgehead atoms. The Labute approximate surface area is 135 Å². The molecule has 3 N–H and O–H groups in total. The Morgan fingerprint density at radius 2 is 2.14 bits per heavy atom. The second kappa shape index (κ2) is 8.23. The minimum atomic E-state index is -2.46. The van der Waals surface area contributed by atoms with Crippen molar-refractivity contribution in [3.8, 4) is 0 Å². The number of methoxy groups -OCH3 is 1. The molecule has 0 heterocycles. The normalized spacial score (nSPS) is 13.3. The molecule has 1 rings (SSSR count). The van der Waals surface area contributed by atoms with Gasteiger partial charge in [-0.1, -0.05) is 11.6 Å². The monoisotopic (exact) mass is 347 g/mol. The highest BCUT2D eigenvalue weighted by atomic mass is 35.5. The fraction of sp³-hybridized carbons (Fsp3) is 0.385. The lowest BCUT2D eigenvalue weighted by Gasteiger charge is -2.14. The SMILES string of the molecule is COC(=O)[C@@H](N)CCC(=O)Nc1cc(S(=O)[O-])cc(Cl)c1C. The predicted molar refractivity (Wildman–Crippen MR) is 81.2 cm³/mol. The van der Waals surface area contributed by atoms with Gasteiger partial charge in [-0.2, -0.15) is 0 Å². The molecule has 1 aromatic rings. The largest absolute Gasteiger partial charge is 0.768 e. The molecule has 7 nitrogen and oxygen atoms in total. The number of benzene rings is 1. The van der Waals surface area contributed by atoms with Crippen LogP contribution in [0.4, 0.5) is 5.69 Å². The molecular weight excluding hydrogens is 332 g/mol. The van der Waals surface area contributed by atoms with E-state index in [-0.39, 0.29) is 22.8 Å². The van der Waals surface area contributed by atoms with Gasteiger partial charge in [0.15, 0.2) is 0 Å². The van der Waals surface area contributed by atoms with Crippen LogP contribution in [0.25, 0.3) is 0 Å². The highest BCUT2D eigenvalue weighted by Crippen LogP contribution is 2.27. The molecule has 1 amide bonds. The number of carbonyl (C=O) groups is 2. The molecule has 0 radical (unpaired) electrons. The first kappa shape index (κ1) is 18.6. The maximum atomic E-state index is 11.9. The second-order valence-electron chi connectivity index (χ2n) is 4.53. The molecule has 122 valence electrons. The number of hydrogen-bond acceptors (Lipinski definition) is 6. The minimum absolute atomic E-state index is 0.0159. The molecule has 0 spiro atoms. The molecule has 1 unspecified atom stereocenters. The van der Waals surface area contributed by atoms with Gasteiger partial charge >= 0.3 is 5.97 Å². The van der Waals surface area contributed by atoms with E-state index < -0.39 is 29.0 Å². The van der Waals surface area contributed by atoms with Crippen molar-refractivity contribution in [3.63, 3.8) is 0 Å². The van der Waals surface area contributed by atoms with Crippen molar-refractivity contribution in [1.29, 1.82) is 0 Å². The fourth-order valence-electron chi connectivity index (χ4n) is 1.65. The summed E-state index contributed by atoms with van der Waals surface area (Å²) in [4.78, 5) is 23.0.